The first-order valence-corrected chi connectivity index (χ1v) is 10.3. The summed E-state index contributed by atoms with van der Waals surface area (Å²) in [7, 11) is 1.93. The average Bonchev–Trinajstić information content (AvgIpc) is 2.98. The highest BCUT2D eigenvalue weighted by molar-refractivity contribution is 5.65. The Hall–Kier alpha value is -1.58. The normalized spacial score (nSPS) is 23.6. The lowest BCUT2D eigenvalue weighted by molar-refractivity contribution is 0.149. The predicted octanol–water partition coefficient (Wildman–Crippen LogP) is 3.93. The van der Waals surface area contributed by atoms with E-state index in [0.29, 0.717) is 6.54 Å². The fraction of sp³-hybridized carbons (Fsp3) is 0.565. The van der Waals surface area contributed by atoms with E-state index in [1.807, 2.05) is 7.05 Å². The highest BCUT2D eigenvalue weighted by Crippen LogP contribution is 2.50. The number of anilines is 1. The number of nitrogens with one attached hydrogen (secondary N) is 1. The van der Waals surface area contributed by atoms with Crippen LogP contribution >= 0.6 is 0 Å². The topological polar surface area (TPSA) is 35.5 Å². The molecule has 3 nitrogen and oxygen atoms in total. The van der Waals surface area contributed by atoms with Crippen LogP contribution in [0.2, 0.25) is 0 Å². The van der Waals surface area contributed by atoms with Crippen LogP contribution in [0.5, 0.6) is 0 Å². The van der Waals surface area contributed by atoms with Crippen molar-refractivity contribution in [3.05, 3.63) is 53.6 Å². The van der Waals surface area contributed by atoms with Gasteiger partial charge in [-0.05, 0) is 49.9 Å². The van der Waals surface area contributed by atoms with Crippen LogP contribution in [0.1, 0.15) is 50.5 Å². The van der Waals surface area contributed by atoms with Gasteiger partial charge in [0.25, 0.3) is 0 Å². The third kappa shape index (κ3) is 3.12. The standard InChI is InChI=1S/C23H32N2O/c1-24-16-21(26)22(18-10-4-2-5-11-18)25-17-23(14-8-3-9-15-23)19-12-6-7-13-20(19)25/h2,4,6-7,10,12-13,21-22,24,26H,3,5,8-9,11,14-17H2,1H3. The zero-order chi connectivity index (χ0) is 18.0. The molecule has 0 saturated heterocycles. The summed E-state index contributed by atoms with van der Waals surface area (Å²) >= 11 is 0. The minimum absolute atomic E-state index is 0.0647. The summed E-state index contributed by atoms with van der Waals surface area (Å²) in [6.07, 6.45) is 15.0. The smallest absolute Gasteiger partial charge is 0.0906 e. The maximum absolute atomic E-state index is 11.1. The number of nitrogens with zero attached hydrogens (tertiary/aromatic N) is 1. The van der Waals surface area contributed by atoms with E-state index in [2.05, 4.69) is 52.7 Å². The van der Waals surface area contributed by atoms with Gasteiger partial charge in [-0.15, -0.1) is 0 Å². The van der Waals surface area contributed by atoms with E-state index in [1.54, 1.807) is 0 Å². The summed E-state index contributed by atoms with van der Waals surface area (Å²) in [5.41, 5.74) is 4.54. The SMILES string of the molecule is CNCC(O)C(C1=CC=CCC1)N1CC2(CCCCC2)c2ccccc21. The molecule has 1 aromatic rings. The number of hydrogen-bond acceptors (Lipinski definition) is 3. The van der Waals surface area contributed by atoms with Crippen molar-refractivity contribution in [1.82, 2.24) is 5.32 Å². The molecule has 2 aliphatic carbocycles. The molecule has 2 N–H and O–H groups in total. The fourth-order valence-corrected chi connectivity index (χ4v) is 5.42. The molecule has 1 aliphatic heterocycles. The van der Waals surface area contributed by atoms with Crippen LogP contribution in [0.25, 0.3) is 0 Å². The van der Waals surface area contributed by atoms with Crippen LogP contribution in [-0.4, -0.2) is 37.4 Å². The Balaban J connectivity index is 1.74. The first-order chi connectivity index (χ1) is 12.7. The van der Waals surface area contributed by atoms with E-state index in [0.717, 1.165) is 19.4 Å². The van der Waals surface area contributed by atoms with Gasteiger partial charge >= 0.3 is 0 Å². The first-order valence-electron chi connectivity index (χ1n) is 10.3. The van der Waals surface area contributed by atoms with E-state index in [9.17, 15) is 5.11 Å². The van der Waals surface area contributed by atoms with Gasteiger partial charge in [0, 0.05) is 24.2 Å². The van der Waals surface area contributed by atoms with Crippen molar-refractivity contribution in [1.29, 1.82) is 0 Å². The van der Waals surface area contributed by atoms with Gasteiger partial charge in [-0.25, -0.2) is 0 Å². The second-order valence-electron chi connectivity index (χ2n) is 8.26. The van der Waals surface area contributed by atoms with Crippen LogP contribution in [0, 0.1) is 0 Å². The third-order valence-corrected chi connectivity index (χ3v) is 6.61. The van der Waals surface area contributed by atoms with Crippen LogP contribution < -0.4 is 10.2 Å². The molecule has 2 atom stereocenters. The monoisotopic (exact) mass is 352 g/mol. The molecule has 26 heavy (non-hydrogen) atoms. The number of likely N-dealkylation sites (N-methyl/N-ethyl adjacent to an activating group) is 1. The van der Waals surface area contributed by atoms with Gasteiger partial charge in [-0.3, -0.25) is 0 Å². The number of benzene rings is 1. The molecule has 3 heteroatoms. The number of aliphatic hydroxyl groups excluding tert-OH is 1. The Kier molecular flexibility index (Phi) is 5.19. The molecule has 140 valence electrons. The molecule has 1 spiro atoms. The molecule has 0 amide bonds. The lowest BCUT2D eigenvalue weighted by Gasteiger charge is -2.39. The molecule has 4 rings (SSSR count). The van der Waals surface area contributed by atoms with Crippen LogP contribution in [0.3, 0.4) is 0 Å². The number of fused-ring (bicyclic) bond motifs is 2. The predicted molar refractivity (Wildman–Crippen MR) is 109 cm³/mol. The molecule has 2 unspecified atom stereocenters. The maximum atomic E-state index is 11.1. The highest BCUT2D eigenvalue weighted by atomic mass is 16.3. The quantitative estimate of drug-likeness (QED) is 0.843. The van der Waals surface area contributed by atoms with Crippen molar-refractivity contribution >= 4 is 5.69 Å². The Bertz CT molecular complexity index is 687. The van der Waals surface area contributed by atoms with Gasteiger partial charge in [0.15, 0.2) is 0 Å². The Morgan fingerprint density at radius 3 is 2.73 bits per heavy atom. The number of allylic oxidation sites excluding steroid dienone is 3. The molecular formula is C23H32N2O. The molecule has 1 aromatic carbocycles. The summed E-state index contributed by atoms with van der Waals surface area (Å²) in [6.45, 7) is 1.68. The Morgan fingerprint density at radius 2 is 2.00 bits per heavy atom. The van der Waals surface area contributed by atoms with Crippen molar-refractivity contribution in [2.24, 2.45) is 0 Å². The number of hydrogen-bond donors (Lipinski definition) is 2. The van der Waals surface area contributed by atoms with Gasteiger partial charge < -0.3 is 15.3 Å². The molecule has 1 heterocycles. The van der Waals surface area contributed by atoms with E-state index in [-0.39, 0.29) is 11.5 Å². The van der Waals surface area contributed by atoms with Gasteiger partial charge in [0.2, 0.25) is 0 Å². The second kappa shape index (κ2) is 7.58. The molecule has 0 bridgehead atoms. The van der Waals surface area contributed by atoms with Crippen molar-refractivity contribution < 1.29 is 5.11 Å². The van der Waals surface area contributed by atoms with E-state index >= 15 is 0 Å². The minimum Gasteiger partial charge on any atom is -0.389 e. The average molecular weight is 353 g/mol. The molecule has 3 aliphatic rings. The number of aliphatic hydroxyl groups is 1. The van der Waals surface area contributed by atoms with E-state index in [1.165, 1.54) is 48.9 Å². The van der Waals surface area contributed by atoms with Gasteiger partial charge in [0.05, 0.1) is 12.1 Å². The number of para-hydroxylation sites is 1. The summed E-state index contributed by atoms with van der Waals surface area (Å²) < 4.78 is 0. The second-order valence-corrected chi connectivity index (χ2v) is 8.26. The summed E-state index contributed by atoms with van der Waals surface area (Å²) in [4.78, 5) is 2.54. The van der Waals surface area contributed by atoms with Crippen molar-refractivity contribution in [2.45, 2.75) is 62.5 Å². The Labute approximate surface area is 157 Å². The summed E-state index contributed by atoms with van der Waals surface area (Å²) in [5.74, 6) is 0. The van der Waals surface area contributed by atoms with Crippen LogP contribution in [-0.2, 0) is 5.41 Å². The van der Waals surface area contributed by atoms with E-state index < -0.39 is 6.10 Å². The zero-order valence-corrected chi connectivity index (χ0v) is 16.0. The summed E-state index contributed by atoms with van der Waals surface area (Å²) in [6, 6.07) is 9.04. The van der Waals surface area contributed by atoms with E-state index in [4.69, 9.17) is 0 Å². The largest absolute Gasteiger partial charge is 0.389 e. The minimum atomic E-state index is -0.399. The highest BCUT2D eigenvalue weighted by Gasteiger charge is 2.46. The van der Waals surface area contributed by atoms with Crippen molar-refractivity contribution in [3.8, 4) is 0 Å². The van der Waals surface area contributed by atoms with Gasteiger partial charge in [0.1, 0.15) is 0 Å². The van der Waals surface area contributed by atoms with Gasteiger partial charge in [-0.2, -0.15) is 0 Å². The first kappa shape index (κ1) is 17.8. The van der Waals surface area contributed by atoms with Crippen molar-refractivity contribution in [2.75, 3.05) is 25.0 Å². The lowest BCUT2D eigenvalue weighted by atomic mass is 9.71. The van der Waals surface area contributed by atoms with Crippen LogP contribution in [0.15, 0.2) is 48.1 Å². The molecule has 1 fully saturated rings. The van der Waals surface area contributed by atoms with Crippen LogP contribution in [0.4, 0.5) is 5.69 Å². The molecule has 0 radical (unpaired) electrons. The zero-order valence-electron chi connectivity index (χ0n) is 16.0. The maximum Gasteiger partial charge on any atom is 0.0906 e. The molecular weight excluding hydrogens is 320 g/mol. The Morgan fingerprint density at radius 1 is 1.19 bits per heavy atom. The number of rotatable bonds is 5. The third-order valence-electron chi connectivity index (χ3n) is 6.61. The molecule has 1 saturated carbocycles. The summed E-state index contributed by atoms with van der Waals surface area (Å²) in [5, 5.41) is 14.2. The molecule has 0 aromatic heterocycles. The fourth-order valence-electron chi connectivity index (χ4n) is 5.42. The van der Waals surface area contributed by atoms with Crippen molar-refractivity contribution in [3.63, 3.8) is 0 Å². The lowest BCUT2D eigenvalue weighted by Crippen LogP contribution is -2.50. The van der Waals surface area contributed by atoms with Gasteiger partial charge in [-0.1, -0.05) is 55.7 Å².